The molecule has 48 valence electrons. The molecular formula is C5H12N2S. The summed E-state index contributed by atoms with van der Waals surface area (Å²) in [6.45, 7) is 1.86. The van der Waals surface area contributed by atoms with E-state index in [1.165, 1.54) is 0 Å². The highest BCUT2D eigenvalue weighted by Crippen LogP contribution is 1.97. The lowest BCUT2D eigenvalue weighted by molar-refractivity contribution is 1.62. The maximum Gasteiger partial charge on any atom is 0.127 e. The van der Waals surface area contributed by atoms with Crippen molar-refractivity contribution < 1.29 is 0 Å². The smallest absolute Gasteiger partial charge is 0.127 e. The average molecular weight is 132 g/mol. The Morgan fingerprint density at radius 3 is 2.25 bits per heavy atom. The summed E-state index contributed by atoms with van der Waals surface area (Å²) in [6, 6.07) is 0. The topological polar surface area (TPSA) is 38.4 Å². The lowest BCUT2D eigenvalue weighted by Crippen LogP contribution is -2.07. The normalized spacial score (nSPS) is 11.1. The molecule has 0 bridgehead atoms. The zero-order chi connectivity index (χ0) is 6.57. The third-order valence-electron chi connectivity index (χ3n) is 0.675. The molecule has 2 nitrogen and oxygen atoms in total. The standard InChI is InChI=1S/C5H12N2S/c1-4-7-5(6)8(2)3/h4H,6H2,1-3H3/b7-4+. The van der Waals surface area contributed by atoms with Crippen LogP contribution in [0, 0.1) is 0 Å². The van der Waals surface area contributed by atoms with Gasteiger partial charge < -0.3 is 0 Å². The molecule has 0 aromatic heterocycles. The fraction of sp³-hybridized carbons (Fsp3) is 0.600. The van der Waals surface area contributed by atoms with E-state index in [0.29, 0.717) is 0 Å². The molecule has 8 heavy (non-hydrogen) atoms. The van der Waals surface area contributed by atoms with Crippen molar-refractivity contribution in [3.8, 4) is 0 Å². The maximum absolute atomic E-state index is 5.46. The van der Waals surface area contributed by atoms with Crippen LogP contribution in [0.2, 0.25) is 0 Å². The first-order valence-electron chi connectivity index (χ1n) is 2.37. The van der Waals surface area contributed by atoms with Gasteiger partial charge in [-0.25, -0.2) is 4.99 Å². The molecule has 3 heteroatoms. The number of rotatable bonds is 0. The van der Waals surface area contributed by atoms with Gasteiger partial charge in [-0.15, -0.1) is 0 Å². The number of aliphatic imine (C=N–C) groups is 1. The molecule has 0 spiro atoms. The predicted molar refractivity (Wildman–Crippen MR) is 42.8 cm³/mol. The Kier molecular flexibility index (Phi) is 3.73. The van der Waals surface area contributed by atoms with Crippen molar-refractivity contribution in [3.05, 3.63) is 0 Å². The van der Waals surface area contributed by atoms with Gasteiger partial charge >= 0.3 is 0 Å². The number of nitrogens with two attached hydrogens (primary N) is 1. The van der Waals surface area contributed by atoms with Crippen molar-refractivity contribution >= 4 is 21.8 Å². The summed E-state index contributed by atoms with van der Waals surface area (Å²) in [7, 11) is 0.136. The molecule has 0 aromatic carbocycles. The minimum Gasteiger partial charge on any atom is -0.282 e. The zero-order valence-corrected chi connectivity index (χ0v) is 6.33. The highest BCUT2D eigenvalue weighted by molar-refractivity contribution is 8.14. The number of hydrogen-bond donors (Lipinski definition) is 1. The fourth-order valence-corrected chi connectivity index (χ4v) is 0.549. The summed E-state index contributed by atoms with van der Waals surface area (Å²) in [6.07, 6.45) is 5.80. The first-order chi connectivity index (χ1) is 3.68. The van der Waals surface area contributed by atoms with Crippen LogP contribution in [0.25, 0.3) is 0 Å². The van der Waals surface area contributed by atoms with Crippen molar-refractivity contribution in [3.63, 3.8) is 0 Å². The summed E-state index contributed by atoms with van der Waals surface area (Å²) in [5.41, 5.74) is 5.46. The third-order valence-corrected chi connectivity index (χ3v) is 1.62. The van der Waals surface area contributed by atoms with Gasteiger partial charge in [0.2, 0.25) is 0 Å². The molecule has 0 aliphatic carbocycles. The first-order valence-corrected chi connectivity index (χ1v) is 4.41. The van der Waals surface area contributed by atoms with Crippen LogP contribution in [-0.2, 0) is 0 Å². The molecule has 0 amide bonds. The molecular weight excluding hydrogens is 120 g/mol. The van der Waals surface area contributed by atoms with Gasteiger partial charge in [-0.2, -0.15) is 10.5 Å². The van der Waals surface area contributed by atoms with Crippen LogP contribution < -0.4 is 5.73 Å². The Morgan fingerprint density at radius 2 is 2.12 bits per heavy atom. The van der Waals surface area contributed by atoms with Crippen LogP contribution >= 0.6 is 10.5 Å². The van der Waals surface area contributed by atoms with Crippen molar-refractivity contribution in [1.82, 2.24) is 0 Å². The molecule has 0 aromatic rings. The van der Waals surface area contributed by atoms with Crippen LogP contribution in [0.5, 0.6) is 0 Å². The van der Waals surface area contributed by atoms with Crippen LogP contribution in [0.4, 0.5) is 0 Å². The second-order valence-electron chi connectivity index (χ2n) is 1.54. The van der Waals surface area contributed by atoms with Gasteiger partial charge in [-0.3, -0.25) is 5.73 Å². The highest BCUT2D eigenvalue weighted by atomic mass is 32.2. The highest BCUT2D eigenvalue weighted by Gasteiger charge is 1.80. The van der Waals surface area contributed by atoms with Gasteiger partial charge in [0.15, 0.2) is 0 Å². The van der Waals surface area contributed by atoms with E-state index in [9.17, 15) is 0 Å². The monoisotopic (exact) mass is 132 g/mol. The van der Waals surface area contributed by atoms with Crippen molar-refractivity contribution in [2.45, 2.75) is 6.92 Å². The first kappa shape index (κ1) is 7.85. The molecule has 0 fully saturated rings. The van der Waals surface area contributed by atoms with Gasteiger partial charge in [-0.1, -0.05) is 0 Å². The van der Waals surface area contributed by atoms with Gasteiger partial charge in [-0.05, 0) is 19.4 Å². The van der Waals surface area contributed by atoms with Gasteiger partial charge in [0.1, 0.15) is 5.11 Å². The minimum absolute atomic E-state index is 0.136. The van der Waals surface area contributed by atoms with E-state index in [1.807, 2.05) is 19.4 Å². The van der Waals surface area contributed by atoms with Crippen LogP contribution in [0.3, 0.4) is 0 Å². The number of hydrogen-bond acceptors (Lipinski definition) is 0. The largest absolute Gasteiger partial charge is 0.282 e. The molecule has 0 aliphatic heterocycles. The average Bonchev–Trinajstić information content (AvgIpc) is 1.67. The van der Waals surface area contributed by atoms with E-state index in [0.717, 1.165) is 5.11 Å². The zero-order valence-electron chi connectivity index (χ0n) is 5.51. The van der Waals surface area contributed by atoms with E-state index in [-0.39, 0.29) is 10.5 Å². The van der Waals surface area contributed by atoms with E-state index >= 15 is 0 Å². The van der Waals surface area contributed by atoms with Gasteiger partial charge in [0.05, 0.1) is 0 Å². The lowest BCUT2D eigenvalue weighted by atomic mass is 10.9. The quantitative estimate of drug-likeness (QED) is 0.381. The molecule has 2 N–H and O–H groups in total. The second kappa shape index (κ2) is 3.80. The lowest BCUT2D eigenvalue weighted by Gasteiger charge is -1.93. The van der Waals surface area contributed by atoms with Crippen LogP contribution in [-0.4, -0.2) is 23.8 Å². The molecule has 0 saturated heterocycles. The number of nitrogens with zero attached hydrogens (tertiary/aromatic N) is 1. The molecule has 0 atom stereocenters. The summed E-state index contributed by atoms with van der Waals surface area (Å²) in [5.74, 6) is 0. The molecule has 0 aliphatic rings. The third kappa shape index (κ3) is 2.93. The Bertz CT molecular complexity index is 122. The molecule has 0 rings (SSSR count). The van der Waals surface area contributed by atoms with Crippen molar-refractivity contribution in [2.24, 2.45) is 10.7 Å². The van der Waals surface area contributed by atoms with E-state index in [2.05, 4.69) is 4.99 Å². The van der Waals surface area contributed by atoms with Gasteiger partial charge in [0.25, 0.3) is 0 Å². The van der Waals surface area contributed by atoms with Crippen molar-refractivity contribution in [1.29, 1.82) is 0 Å². The predicted octanol–water partition coefficient (Wildman–Crippen LogP) is 0.652. The van der Waals surface area contributed by atoms with E-state index in [4.69, 9.17) is 5.73 Å². The van der Waals surface area contributed by atoms with Gasteiger partial charge in [0, 0.05) is 6.21 Å². The second-order valence-corrected chi connectivity index (χ2v) is 3.59. The maximum atomic E-state index is 5.46. The molecule has 0 saturated carbocycles. The summed E-state index contributed by atoms with van der Waals surface area (Å²) >= 11 is 0. The fourth-order valence-electron chi connectivity index (χ4n) is 0.233. The Hall–Kier alpha value is -0.150. The summed E-state index contributed by atoms with van der Waals surface area (Å²) in [5, 5.41) is 0.729. The SMILES string of the molecule is C/C=N/C(N)=S(C)C. The molecule has 0 unspecified atom stereocenters. The Morgan fingerprint density at radius 1 is 1.62 bits per heavy atom. The van der Waals surface area contributed by atoms with Crippen molar-refractivity contribution in [2.75, 3.05) is 12.5 Å². The summed E-state index contributed by atoms with van der Waals surface area (Å²) in [4.78, 5) is 3.91. The Labute approximate surface area is 52.7 Å². The van der Waals surface area contributed by atoms with E-state index in [1.54, 1.807) is 6.21 Å². The molecule has 0 radical (unpaired) electrons. The van der Waals surface area contributed by atoms with Crippen LogP contribution in [0.1, 0.15) is 6.92 Å². The van der Waals surface area contributed by atoms with E-state index < -0.39 is 0 Å². The van der Waals surface area contributed by atoms with Crippen LogP contribution in [0.15, 0.2) is 4.99 Å². The summed E-state index contributed by atoms with van der Waals surface area (Å²) < 4.78 is 0. The minimum atomic E-state index is 0.136. The Balaban J connectivity index is 4.00. The molecule has 0 heterocycles.